The second kappa shape index (κ2) is 5.48. The summed E-state index contributed by atoms with van der Waals surface area (Å²) < 4.78 is 0. The van der Waals surface area contributed by atoms with Crippen molar-refractivity contribution in [1.29, 1.82) is 0 Å². The molecule has 0 unspecified atom stereocenters. The summed E-state index contributed by atoms with van der Waals surface area (Å²) in [5, 5.41) is 2.86. The molecule has 4 heteroatoms. The van der Waals surface area contributed by atoms with Gasteiger partial charge in [0, 0.05) is 19.4 Å². The van der Waals surface area contributed by atoms with Gasteiger partial charge in [0.2, 0.25) is 5.91 Å². The molecule has 1 amide bonds. The van der Waals surface area contributed by atoms with Crippen LogP contribution < -0.4 is 5.32 Å². The third kappa shape index (κ3) is 3.06. The molecule has 0 spiro atoms. The average molecular weight is 231 g/mol. The number of nitrogens with one attached hydrogen (secondary N) is 2. The Kier molecular flexibility index (Phi) is 3.75. The zero-order chi connectivity index (χ0) is 12.1. The van der Waals surface area contributed by atoms with Crippen molar-refractivity contribution in [2.75, 3.05) is 6.54 Å². The Morgan fingerprint density at radius 3 is 3.00 bits per heavy atom. The van der Waals surface area contributed by atoms with Gasteiger partial charge in [-0.1, -0.05) is 19.1 Å². The maximum Gasteiger partial charge on any atom is 0.220 e. The molecule has 4 nitrogen and oxygen atoms in total. The van der Waals surface area contributed by atoms with E-state index in [9.17, 15) is 4.79 Å². The minimum atomic E-state index is 0.0901. The number of fused-ring (bicyclic) bond motifs is 1. The number of aromatic amines is 1. The molecule has 2 aromatic rings. The van der Waals surface area contributed by atoms with Crippen LogP contribution in [0.5, 0.6) is 0 Å². The highest BCUT2D eigenvalue weighted by Crippen LogP contribution is 2.11. The number of aryl methyl sites for hydroxylation is 1. The molecule has 0 bridgehead atoms. The van der Waals surface area contributed by atoms with Gasteiger partial charge in [-0.15, -0.1) is 0 Å². The summed E-state index contributed by atoms with van der Waals surface area (Å²) in [5.41, 5.74) is 1.98. The van der Waals surface area contributed by atoms with Gasteiger partial charge in [-0.3, -0.25) is 4.79 Å². The molecule has 0 radical (unpaired) electrons. The smallest absolute Gasteiger partial charge is 0.220 e. The Bertz CT molecular complexity index is 471. The van der Waals surface area contributed by atoms with Crippen LogP contribution >= 0.6 is 0 Å². The lowest BCUT2D eigenvalue weighted by Crippen LogP contribution is -2.24. The Balaban J connectivity index is 1.92. The molecule has 0 aliphatic heterocycles. The summed E-state index contributed by atoms with van der Waals surface area (Å²) in [6, 6.07) is 7.88. The minimum absolute atomic E-state index is 0.0901. The predicted molar refractivity (Wildman–Crippen MR) is 67.7 cm³/mol. The number of H-pyrrole nitrogens is 1. The average Bonchev–Trinajstić information content (AvgIpc) is 2.76. The highest BCUT2D eigenvalue weighted by Gasteiger charge is 2.05. The first-order valence-electron chi connectivity index (χ1n) is 6.00. The molecule has 1 aromatic heterocycles. The number of carbonyl (C=O) groups excluding carboxylic acids is 1. The number of rotatable bonds is 5. The van der Waals surface area contributed by atoms with Crippen molar-refractivity contribution >= 4 is 16.9 Å². The molecule has 2 rings (SSSR count). The van der Waals surface area contributed by atoms with Gasteiger partial charge in [0.25, 0.3) is 0 Å². The molecule has 0 aliphatic carbocycles. The van der Waals surface area contributed by atoms with Crippen molar-refractivity contribution in [3.63, 3.8) is 0 Å². The molecular weight excluding hydrogens is 214 g/mol. The van der Waals surface area contributed by atoms with Gasteiger partial charge >= 0.3 is 0 Å². The summed E-state index contributed by atoms with van der Waals surface area (Å²) in [5.74, 6) is 0.963. The zero-order valence-corrected chi connectivity index (χ0v) is 9.99. The second-order valence-electron chi connectivity index (χ2n) is 4.05. The van der Waals surface area contributed by atoms with Crippen molar-refractivity contribution in [1.82, 2.24) is 15.3 Å². The summed E-state index contributed by atoms with van der Waals surface area (Å²) >= 11 is 0. The van der Waals surface area contributed by atoms with Gasteiger partial charge in [0.1, 0.15) is 5.82 Å². The first kappa shape index (κ1) is 11.6. The van der Waals surface area contributed by atoms with Crippen LogP contribution in [0.2, 0.25) is 0 Å². The molecular formula is C13H17N3O. The lowest BCUT2D eigenvalue weighted by atomic mass is 10.3. The Labute approximate surface area is 100 Å². The van der Waals surface area contributed by atoms with E-state index >= 15 is 0 Å². The number of nitrogens with zero attached hydrogens (tertiary/aromatic N) is 1. The van der Waals surface area contributed by atoms with Gasteiger partial charge in [0.15, 0.2) is 0 Å². The molecule has 0 atom stereocenters. The number of hydrogen-bond donors (Lipinski definition) is 2. The zero-order valence-electron chi connectivity index (χ0n) is 9.99. The number of hydrogen-bond acceptors (Lipinski definition) is 2. The summed E-state index contributed by atoms with van der Waals surface area (Å²) in [6.07, 6.45) is 2.11. The van der Waals surface area contributed by atoms with Gasteiger partial charge in [-0.25, -0.2) is 4.98 Å². The molecule has 2 N–H and O–H groups in total. The summed E-state index contributed by atoms with van der Waals surface area (Å²) in [4.78, 5) is 19.1. The summed E-state index contributed by atoms with van der Waals surface area (Å²) in [7, 11) is 0. The molecule has 17 heavy (non-hydrogen) atoms. The van der Waals surface area contributed by atoms with Crippen LogP contribution in [0.4, 0.5) is 0 Å². The number of benzene rings is 1. The Hall–Kier alpha value is -1.84. The van der Waals surface area contributed by atoms with Gasteiger partial charge < -0.3 is 10.3 Å². The predicted octanol–water partition coefficient (Wildman–Crippen LogP) is 2.02. The first-order valence-corrected chi connectivity index (χ1v) is 6.00. The SMILES string of the molecule is CCCNC(=O)CCc1nc2ccccc2[nH]1. The number of aromatic nitrogens is 2. The molecule has 1 heterocycles. The molecule has 0 aliphatic rings. The van der Waals surface area contributed by atoms with E-state index in [0.29, 0.717) is 12.8 Å². The Morgan fingerprint density at radius 2 is 2.24 bits per heavy atom. The highest BCUT2D eigenvalue weighted by atomic mass is 16.1. The van der Waals surface area contributed by atoms with Crippen LogP contribution in [-0.2, 0) is 11.2 Å². The van der Waals surface area contributed by atoms with Gasteiger partial charge in [-0.05, 0) is 18.6 Å². The fourth-order valence-electron chi connectivity index (χ4n) is 1.71. The molecule has 0 saturated carbocycles. The number of imidazole rings is 1. The molecule has 90 valence electrons. The van der Waals surface area contributed by atoms with Crippen molar-refractivity contribution in [2.45, 2.75) is 26.2 Å². The van der Waals surface area contributed by atoms with Crippen LogP contribution in [-0.4, -0.2) is 22.4 Å². The van der Waals surface area contributed by atoms with E-state index in [2.05, 4.69) is 15.3 Å². The van der Waals surface area contributed by atoms with E-state index in [1.165, 1.54) is 0 Å². The van der Waals surface area contributed by atoms with Crippen LogP contribution in [0, 0.1) is 0 Å². The van der Waals surface area contributed by atoms with Crippen LogP contribution in [0.15, 0.2) is 24.3 Å². The van der Waals surface area contributed by atoms with Crippen molar-refractivity contribution < 1.29 is 4.79 Å². The lowest BCUT2D eigenvalue weighted by Gasteiger charge is -2.01. The topological polar surface area (TPSA) is 57.8 Å². The fourth-order valence-corrected chi connectivity index (χ4v) is 1.71. The maximum atomic E-state index is 11.4. The third-order valence-corrected chi connectivity index (χ3v) is 2.60. The van der Waals surface area contributed by atoms with Crippen LogP contribution in [0.1, 0.15) is 25.6 Å². The quantitative estimate of drug-likeness (QED) is 0.827. The number of amides is 1. The maximum absolute atomic E-state index is 11.4. The molecule has 0 fully saturated rings. The normalized spacial score (nSPS) is 10.6. The Morgan fingerprint density at radius 1 is 1.41 bits per heavy atom. The lowest BCUT2D eigenvalue weighted by molar-refractivity contribution is -0.121. The highest BCUT2D eigenvalue weighted by molar-refractivity contribution is 5.77. The van der Waals surface area contributed by atoms with Gasteiger partial charge in [0.05, 0.1) is 11.0 Å². The van der Waals surface area contributed by atoms with E-state index in [1.54, 1.807) is 0 Å². The molecule has 1 aromatic carbocycles. The van der Waals surface area contributed by atoms with E-state index < -0.39 is 0 Å². The minimum Gasteiger partial charge on any atom is -0.356 e. The fraction of sp³-hybridized carbons (Fsp3) is 0.385. The van der Waals surface area contributed by atoms with Gasteiger partial charge in [-0.2, -0.15) is 0 Å². The van der Waals surface area contributed by atoms with E-state index in [-0.39, 0.29) is 5.91 Å². The van der Waals surface area contributed by atoms with Crippen LogP contribution in [0.25, 0.3) is 11.0 Å². The largest absolute Gasteiger partial charge is 0.356 e. The van der Waals surface area contributed by atoms with Crippen molar-refractivity contribution in [3.8, 4) is 0 Å². The van der Waals surface area contributed by atoms with Crippen molar-refractivity contribution in [2.24, 2.45) is 0 Å². The summed E-state index contributed by atoms with van der Waals surface area (Å²) in [6.45, 7) is 2.79. The second-order valence-corrected chi connectivity index (χ2v) is 4.05. The van der Waals surface area contributed by atoms with E-state index in [0.717, 1.165) is 29.8 Å². The van der Waals surface area contributed by atoms with E-state index in [1.807, 2.05) is 31.2 Å². The number of para-hydroxylation sites is 2. The first-order chi connectivity index (χ1) is 8.29. The van der Waals surface area contributed by atoms with E-state index in [4.69, 9.17) is 0 Å². The standard InChI is InChI=1S/C13H17N3O/c1-2-9-14-13(17)8-7-12-15-10-5-3-4-6-11(10)16-12/h3-6H,2,7-9H2,1H3,(H,14,17)(H,15,16). The third-order valence-electron chi connectivity index (χ3n) is 2.60. The van der Waals surface area contributed by atoms with Crippen molar-refractivity contribution in [3.05, 3.63) is 30.1 Å². The monoisotopic (exact) mass is 231 g/mol. The molecule has 0 saturated heterocycles. The van der Waals surface area contributed by atoms with Crippen LogP contribution in [0.3, 0.4) is 0 Å². The number of carbonyl (C=O) groups is 1.